The largest absolute Gasteiger partial charge is 0.497 e. The van der Waals surface area contributed by atoms with E-state index in [1.54, 1.807) is 68.8 Å². The standard InChI is InChI=1S/C30H35NO7/c1-30(2,3)31-19-25(32)22-10-15-26(37-28(33)16-20-6-11-23(35-4)12-7-20)27(18-22)38-29(34)17-21-8-13-24(36-5)14-9-21/h6-15,18,25,31-32H,16-17,19H2,1-5H3. The van der Waals surface area contributed by atoms with Crippen LogP contribution in [0.3, 0.4) is 0 Å². The average Bonchev–Trinajstić information content (AvgIpc) is 2.88. The molecule has 0 saturated heterocycles. The van der Waals surface area contributed by atoms with Crippen molar-refractivity contribution in [3.63, 3.8) is 0 Å². The number of aliphatic hydroxyl groups is 1. The predicted octanol–water partition coefficient (Wildman–Crippen LogP) is 4.42. The molecule has 0 radical (unpaired) electrons. The molecule has 3 aromatic rings. The van der Waals surface area contributed by atoms with E-state index < -0.39 is 18.0 Å². The van der Waals surface area contributed by atoms with Gasteiger partial charge in [0.25, 0.3) is 0 Å². The van der Waals surface area contributed by atoms with Gasteiger partial charge in [0.15, 0.2) is 11.5 Å². The number of carbonyl (C=O) groups is 2. The molecule has 2 N–H and O–H groups in total. The van der Waals surface area contributed by atoms with E-state index in [-0.39, 0.29) is 29.9 Å². The number of methoxy groups -OCH3 is 2. The third-order valence-corrected chi connectivity index (χ3v) is 5.64. The number of hydrogen-bond donors (Lipinski definition) is 2. The van der Waals surface area contributed by atoms with E-state index in [1.807, 2.05) is 20.8 Å². The summed E-state index contributed by atoms with van der Waals surface area (Å²) >= 11 is 0. The van der Waals surface area contributed by atoms with Gasteiger partial charge in [-0.1, -0.05) is 30.3 Å². The minimum Gasteiger partial charge on any atom is -0.497 e. The number of esters is 2. The van der Waals surface area contributed by atoms with E-state index in [0.717, 1.165) is 11.1 Å². The summed E-state index contributed by atoms with van der Waals surface area (Å²) < 4.78 is 21.5. The number of hydrogen-bond acceptors (Lipinski definition) is 8. The first-order chi connectivity index (χ1) is 18.1. The van der Waals surface area contributed by atoms with Crippen LogP contribution in [0.15, 0.2) is 66.7 Å². The molecule has 1 unspecified atom stereocenters. The van der Waals surface area contributed by atoms with Crippen LogP contribution in [-0.4, -0.2) is 43.3 Å². The molecular formula is C30H35NO7. The second-order valence-electron chi connectivity index (χ2n) is 9.85. The average molecular weight is 522 g/mol. The van der Waals surface area contributed by atoms with Gasteiger partial charge in [-0.15, -0.1) is 0 Å². The van der Waals surface area contributed by atoms with Gasteiger partial charge in [0.1, 0.15) is 11.5 Å². The molecule has 8 heteroatoms. The van der Waals surface area contributed by atoms with Crippen molar-refractivity contribution in [1.82, 2.24) is 5.32 Å². The molecule has 3 aromatic carbocycles. The normalized spacial score (nSPS) is 11.9. The number of benzene rings is 3. The molecule has 8 nitrogen and oxygen atoms in total. The first-order valence-corrected chi connectivity index (χ1v) is 12.3. The Kier molecular flexibility index (Phi) is 9.87. The summed E-state index contributed by atoms with van der Waals surface area (Å²) in [6.07, 6.45) is -0.845. The van der Waals surface area contributed by atoms with E-state index in [0.29, 0.717) is 23.6 Å². The highest BCUT2D eigenvalue weighted by molar-refractivity contribution is 5.78. The van der Waals surface area contributed by atoms with Gasteiger partial charge in [-0.25, -0.2) is 0 Å². The molecule has 38 heavy (non-hydrogen) atoms. The van der Waals surface area contributed by atoms with Crippen LogP contribution >= 0.6 is 0 Å². The van der Waals surface area contributed by atoms with Gasteiger partial charge in [-0.2, -0.15) is 0 Å². The Hall–Kier alpha value is -3.88. The molecule has 1 atom stereocenters. The SMILES string of the molecule is COc1ccc(CC(=O)Oc2ccc(C(O)CNC(C)(C)C)cc2OC(=O)Cc2ccc(OC)cc2)cc1. The first-order valence-electron chi connectivity index (χ1n) is 12.3. The lowest BCUT2D eigenvalue weighted by Gasteiger charge is -2.23. The Labute approximate surface area is 223 Å². The van der Waals surface area contributed by atoms with E-state index in [1.165, 1.54) is 12.1 Å². The van der Waals surface area contributed by atoms with Gasteiger partial charge >= 0.3 is 11.9 Å². The van der Waals surface area contributed by atoms with Crippen molar-refractivity contribution in [1.29, 1.82) is 0 Å². The van der Waals surface area contributed by atoms with Crippen LogP contribution in [0.1, 0.15) is 43.6 Å². The minimum atomic E-state index is -0.864. The second kappa shape index (κ2) is 13.1. The molecule has 0 spiro atoms. The fraction of sp³-hybridized carbons (Fsp3) is 0.333. The number of ether oxygens (including phenoxy) is 4. The first kappa shape index (κ1) is 28.7. The van der Waals surface area contributed by atoms with Crippen molar-refractivity contribution in [3.8, 4) is 23.0 Å². The monoisotopic (exact) mass is 521 g/mol. The van der Waals surface area contributed by atoms with E-state index in [2.05, 4.69) is 5.32 Å². The Morgan fingerprint density at radius 1 is 0.763 bits per heavy atom. The van der Waals surface area contributed by atoms with Crippen LogP contribution < -0.4 is 24.3 Å². The quantitative estimate of drug-likeness (QED) is 0.282. The summed E-state index contributed by atoms with van der Waals surface area (Å²) in [6.45, 7) is 6.28. The lowest BCUT2D eigenvalue weighted by atomic mass is 10.1. The van der Waals surface area contributed by atoms with Crippen molar-refractivity contribution >= 4 is 11.9 Å². The number of nitrogens with one attached hydrogen (secondary N) is 1. The zero-order valence-electron chi connectivity index (χ0n) is 22.4. The summed E-state index contributed by atoms with van der Waals surface area (Å²) in [5.74, 6) is 0.444. The van der Waals surface area contributed by atoms with Crippen molar-refractivity contribution in [2.75, 3.05) is 20.8 Å². The molecule has 0 aliphatic heterocycles. The molecule has 0 aliphatic rings. The fourth-order valence-electron chi connectivity index (χ4n) is 3.55. The molecule has 0 fully saturated rings. The van der Waals surface area contributed by atoms with Crippen LogP contribution in [0.25, 0.3) is 0 Å². The fourth-order valence-corrected chi connectivity index (χ4v) is 3.55. The highest BCUT2D eigenvalue weighted by Gasteiger charge is 2.19. The van der Waals surface area contributed by atoms with Crippen LogP contribution in [0.5, 0.6) is 23.0 Å². The van der Waals surface area contributed by atoms with Crippen molar-refractivity contribution in [3.05, 3.63) is 83.4 Å². The zero-order chi connectivity index (χ0) is 27.7. The maximum atomic E-state index is 12.8. The molecule has 0 bridgehead atoms. The zero-order valence-corrected chi connectivity index (χ0v) is 22.4. The Morgan fingerprint density at radius 3 is 1.68 bits per heavy atom. The van der Waals surface area contributed by atoms with Crippen LogP contribution in [0, 0.1) is 0 Å². The van der Waals surface area contributed by atoms with Crippen LogP contribution in [0.4, 0.5) is 0 Å². The highest BCUT2D eigenvalue weighted by atomic mass is 16.6. The second-order valence-corrected chi connectivity index (χ2v) is 9.85. The summed E-state index contributed by atoms with van der Waals surface area (Å²) in [5, 5.41) is 13.9. The number of β-amino-alcohol motifs (C(OH)–C–C–N with tert-alkyl or cyclic N) is 1. The summed E-state index contributed by atoms with van der Waals surface area (Å²) in [4.78, 5) is 25.5. The Balaban J connectivity index is 1.77. The third-order valence-electron chi connectivity index (χ3n) is 5.64. The molecule has 0 saturated carbocycles. The van der Waals surface area contributed by atoms with Crippen molar-refractivity contribution < 1.29 is 33.6 Å². The molecule has 202 valence electrons. The lowest BCUT2D eigenvalue weighted by Crippen LogP contribution is -2.38. The van der Waals surface area contributed by atoms with Gasteiger partial charge in [0.05, 0.1) is 33.2 Å². The van der Waals surface area contributed by atoms with Gasteiger partial charge in [0, 0.05) is 12.1 Å². The van der Waals surface area contributed by atoms with E-state index >= 15 is 0 Å². The minimum absolute atomic E-state index is 0.00158. The van der Waals surface area contributed by atoms with Gasteiger partial charge in [-0.05, 0) is 73.9 Å². The summed E-state index contributed by atoms with van der Waals surface area (Å²) in [7, 11) is 3.14. The van der Waals surface area contributed by atoms with Crippen LogP contribution in [0.2, 0.25) is 0 Å². The highest BCUT2D eigenvalue weighted by Crippen LogP contribution is 2.32. The lowest BCUT2D eigenvalue weighted by molar-refractivity contribution is -0.136. The topological polar surface area (TPSA) is 103 Å². The third kappa shape index (κ3) is 8.90. The van der Waals surface area contributed by atoms with Crippen molar-refractivity contribution in [2.45, 2.75) is 45.3 Å². The number of rotatable bonds is 11. The maximum absolute atomic E-state index is 12.8. The van der Waals surface area contributed by atoms with E-state index in [9.17, 15) is 14.7 Å². The summed E-state index contributed by atoms with van der Waals surface area (Å²) in [5.41, 5.74) is 1.81. The predicted molar refractivity (Wildman–Crippen MR) is 144 cm³/mol. The van der Waals surface area contributed by atoms with Gasteiger partial charge in [0.2, 0.25) is 0 Å². The molecule has 0 heterocycles. The molecule has 3 rings (SSSR count). The van der Waals surface area contributed by atoms with Gasteiger partial charge in [-0.3, -0.25) is 9.59 Å². The molecule has 0 aromatic heterocycles. The Bertz CT molecular complexity index is 1210. The van der Waals surface area contributed by atoms with Crippen molar-refractivity contribution in [2.24, 2.45) is 0 Å². The molecule has 0 aliphatic carbocycles. The number of aliphatic hydroxyl groups excluding tert-OH is 1. The van der Waals surface area contributed by atoms with E-state index in [4.69, 9.17) is 18.9 Å². The molecular weight excluding hydrogens is 486 g/mol. The maximum Gasteiger partial charge on any atom is 0.315 e. The molecule has 0 amide bonds. The smallest absolute Gasteiger partial charge is 0.315 e. The van der Waals surface area contributed by atoms with Crippen LogP contribution in [-0.2, 0) is 22.4 Å². The van der Waals surface area contributed by atoms with Gasteiger partial charge < -0.3 is 29.4 Å². The Morgan fingerprint density at radius 2 is 1.24 bits per heavy atom. The number of carbonyl (C=O) groups excluding carboxylic acids is 2. The summed E-state index contributed by atoms with van der Waals surface area (Å²) in [6, 6.07) is 18.8.